The normalized spacial score (nSPS) is 17.4. The third-order valence-electron chi connectivity index (χ3n) is 4.50. The van der Waals surface area contributed by atoms with Crippen molar-refractivity contribution in [2.45, 2.75) is 6.92 Å². The van der Waals surface area contributed by atoms with Crippen molar-refractivity contribution >= 4 is 5.91 Å². The molecule has 1 N–H and O–H groups in total. The van der Waals surface area contributed by atoms with Gasteiger partial charge in [0.2, 0.25) is 0 Å². The summed E-state index contributed by atoms with van der Waals surface area (Å²) in [5, 5.41) is 14.1. The minimum atomic E-state index is -0.0693. The van der Waals surface area contributed by atoms with Crippen molar-refractivity contribution < 1.29 is 4.79 Å². The second-order valence-electron chi connectivity index (χ2n) is 6.72. The fourth-order valence-corrected chi connectivity index (χ4v) is 2.97. The summed E-state index contributed by atoms with van der Waals surface area (Å²) in [6, 6.07) is 7.29. The molecular formula is C17H25N7O. The van der Waals surface area contributed by atoms with E-state index in [9.17, 15) is 4.79 Å². The van der Waals surface area contributed by atoms with Crippen LogP contribution in [0.5, 0.6) is 0 Å². The Labute approximate surface area is 147 Å². The van der Waals surface area contributed by atoms with Crippen molar-refractivity contribution in [1.82, 2.24) is 35.3 Å². The smallest absolute Gasteiger partial charge is 0.251 e. The molecule has 1 aromatic heterocycles. The van der Waals surface area contributed by atoms with Gasteiger partial charge >= 0.3 is 0 Å². The van der Waals surface area contributed by atoms with E-state index in [0.29, 0.717) is 18.0 Å². The summed E-state index contributed by atoms with van der Waals surface area (Å²) in [4.78, 5) is 17.2. The standard InChI is InChI=1S/C17H25N7O/c1-14(12-23-8-6-22(2)7-9-23)11-18-17(25)15-4-3-5-16(10-15)24-13-19-20-21-24/h3-5,10,13-14H,6-9,11-12H2,1-2H3,(H,18,25)/t14-/m1/s1. The van der Waals surface area contributed by atoms with Crippen LogP contribution in [-0.4, -0.2) is 82.2 Å². The molecule has 1 saturated heterocycles. The van der Waals surface area contributed by atoms with E-state index in [2.05, 4.69) is 44.6 Å². The number of nitrogens with zero attached hydrogens (tertiary/aromatic N) is 6. The molecule has 1 aliphatic heterocycles. The van der Waals surface area contributed by atoms with Crippen LogP contribution in [0.3, 0.4) is 0 Å². The molecule has 0 radical (unpaired) electrons. The van der Waals surface area contributed by atoms with Crippen molar-refractivity contribution in [3.63, 3.8) is 0 Å². The van der Waals surface area contributed by atoms with Crippen molar-refractivity contribution in [2.24, 2.45) is 5.92 Å². The van der Waals surface area contributed by atoms with E-state index in [1.54, 1.807) is 12.1 Å². The summed E-state index contributed by atoms with van der Waals surface area (Å²) < 4.78 is 1.53. The largest absolute Gasteiger partial charge is 0.352 e. The van der Waals surface area contributed by atoms with Crippen LogP contribution in [0.4, 0.5) is 0 Å². The van der Waals surface area contributed by atoms with E-state index in [1.807, 2.05) is 12.1 Å². The Morgan fingerprint density at radius 1 is 1.28 bits per heavy atom. The molecule has 1 aliphatic rings. The number of hydrogen-bond donors (Lipinski definition) is 1. The molecule has 25 heavy (non-hydrogen) atoms. The molecule has 0 unspecified atom stereocenters. The maximum absolute atomic E-state index is 12.4. The summed E-state index contributed by atoms with van der Waals surface area (Å²) >= 11 is 0. The van der Waals surface area contributed by atoms with Crippen LogP contribution in [0.2, 0.25) is 0 Å². The van der Waals surface area contributed by atoms with E-state index in [-0.39, 0.29) is 5.91 Å². The SMILES string of the molecule is C[C@H](CNC(=O)c1cccc(-n2cnnn2)c1)CN1CCN(C)CC1. The zero-order chi connectivity index (χ0) is 17.6. The van der Waals surface area contributed by atoms with Gasteiger partial charge in [0, 0.05) is 44.8 Å². The van der Waals surface area contributed by atoms with Crippen molar-refractivity contribution in [1.29, 1.82) is 0 Å². The number of piperazine rings is 1. The van der Waals surface area contributed by atoms with Crippen LogP contribution in [0, 0.1) is 5.92 Å². The van der Waals surface area contributed by atoms with Crippen molar-refractivity contribution in [2.75, 3.05) is 46.3 Å². The highest BCUT2D eigenvalue weighted by Gasteiger charge is 2.16. The first-order valence-corrected chi connectivity index (χ1v) is 8.64. The Balaban J connectivity index is 1.50. The Morgan fingerprint density at radius 2 is 2.08 bits per heavy atom. The predicted octanol–water partition coefficient (Wildman–Crippen LogP) is 0.276. The molecule has 1 amide bonds. The van der Waals surface area contributed by atoms with Gasteiger partial charge < -0.3 is 15.1 Å². The summed E-state index contributed by atoms with van der Waals surface area (Å²) in [7, 11) is 2.16. The summed E-state index contributed by atoms with van der Waals surface area (Å²) in [5.41, 5.74) is 1.38. The van der Waals surface area contributed by atoms with E-state index in [4.69, 9.17) is 0 Å². The number of hydrogen-bond acceptors (Lipinski definition) is 6. The summed E-state index contributed by atoms with van der Waals surface area (Å²) in [6.45, 7) is 8.28. The lowest BCUT2D eigenvalue weighted by Crippen LogP contribution is -2.46. The van der Waals surface area contributed by atoms with Crippen LogP contribution in [-0.2, 0) is 0 Å². The fraction of sp³-hybridized carbons (Fsp3) is 0.529. The van der Waals surface area contributed by atoms with Gasteiger partial charge in [-0.2, -0.15) is 0 Å². The Hall–Kier alpha value is -2.32. The van der Waals surface area contributed by atoms with Crippen LogP contribution < -0.4 is 5.32 Å². The quantitative estimate of drug-likeness (QED) is 0.811. The molecule has 3 rings (SSSR count). The van der Waals surface area contributed by atoms with E-state index >= 15 is 0 Å². The van der Waals surface area contributed by atoms with Gasteiger partial charge in [0.05, 0.1) is 5.69 Å². The number of benzene rings is 1. The van der Waals surface area contributed by atoms with E-state index in [1.165, 1.54) is 11.0 Å². The van der Waals surface area contributed by atoms with Gasteiger partial charge in [0.15, 0.2) is 0 Å². The number of aromatic nitrogens is 4. The number of nitrogens with one attached hydrogen (secondary N) is 1. The van der Waals surface area contributed by atoms with Gasteiger partial charge in [0.1, 0.15) is 6.33 Å². The van der Waals surface area contributed by atoms with Gasteiger partial charge in [-0.05, 0) is 41.6 Å². The second kappa shape index (κ2) is 8.17. The second-order valence-corrected chi connectivity index (χ2v) is 6.72. The van der Waals surface area contributed by atoms with Crippen molar-refractivity contribution in [3.05, 3.63) is 36.2 Å². The van der Waals surface area contributed by atoms with Crippen LogP contribution in [0.25, 0.3) is 5.69 Å². The molecule has 1 atom stereocenters. The molecule has 134 valence electrons. The molecule has 1 fully saturated rings. The first-order chi connectivity index (χ1) is 12.1. The van der Waals surface area contributed by atoms with Crippen molar-refractivity contribution in [3.8, 4) is 5.69 Å². The number of rotatable bonds is 6. The molecule has 0 saturated carbocycles. The highest BCUT2D eigenvalue weighted by molar-refractivity contribution is 5.94. The molecule has 0 spiro atoms. The minimum Gasteiger partial charge on any atom is -0.352 e. The number of tetrazole rings is 1. The lowest BCUT2D eigenvalue weighted by atomic mass is 10.1. The third kappa shape index (κ3) is 4.83. The lowest BCUT2D eigenvalue weighted by Gasteiger charge is -2.33. The van der Waals surface area contributed by atoms with Gasteiger partial charge in [-0.25, -0.2) is 4.68 Å². The average Bonchev–Trinajstić information content (AvgIpc) is 3.16. The maximum Gasteiger partial charge on any atom is 0.251 e. The Morgan fingerprint density at radius 3 is 2.80 bits per heavy atom. The monoisotopic (exact) mass is 343 g/mol. The topological polar surface area (TPSA) is 79.2 Å². The number of carbonyl (C=O) groups is 1. The molecule has 2 aromatic rings. The van der Waals surface area contributed by atoms with E-state index in [0.717, 1.165) is 38.4 Å². The van der Waals surface area contributed by atoms with Crippen LogP contribution in [0.15, 0.2) is 30.6 Å². The number of likely N-dealkylation sites (N-methyl/N-ethyl adjacent to an activating group) is 1. The number of amides is 1. The first-order valence-electron chi connectivity index (χ1n) is 8.64. The van der Waals surface area contributed by atoms with Gasteiger partial charge in [0.25, 0.3) is 5.91 Å². The first kappa shape index (κ1) is 17.5. The van der Waals surface area contributed by atoms with Crippen LogP contribution >= 0.6 is 0 Å². The predicted molar refractivity (Wildman–Crippen MR) is 94.6 cm³/mol. The van der Waals surface area contributed by atoms with E-state index < -0.39 is 0 Å². The minimum absolute atomic E-state index is 0.0693. The summed E-state index contributed by atoms with van der Waals surface area (Å²) in [6.07, 6.45) is 1.51. The molecule has 0 aliphatic carbocycles. The van der Waals surface area contributed by atoms with Gasteiger partial charge in [-0.1, -0.05) is 13.0 Å². The third-order valence-corrected chi connectivity index (χ3v) is 4.50. The molecule has 8 heteroatoms. The molecule has 0 bridgehead atoms. The zero-order valence-corrected chi connectivity index (χ0v) is 14.8. The Bertz CT molecular complexity index is 680. The zero-order valence-electron chi connectivity index (χ0n) is 14.8. The maximum atomic E-state index is 12.4. The molecule has 2 heterocycles. The summed E-state index contributed by atoms with van der Waals surface area (Å²) in [5.74, 6) is 0.343. The van der Waals surface area contributed by atoms with Crippen LogP contribution in [0.1, 0.15) is 17.3 Å². The Kier molecular flexibility index (Phi) is 5.72. The number of carbonyl (C=O) groups excluding carboxylic acids is 1. The molecule has 8 nitrogen and oxygen atoms in total. The molecule has 1 aromatic carbocycles. The fourth-order valence-electron chi connectivity index (χ4n) is 2.97. The highest BCUT2D eigenvalue weighted by Crippen LogP contribution is 2.09. The van der Waals surface area contributed by atoms with Gasteiger partial charge in [-0.3, -0.25) is 4.79 Å². The highest BCUT2D eigenvalue weighted by atomic mass is 16.1. The lowest BCUT2D eigenvalue weighted by molar-refractivity contribution is 0.0937. The van der Waals surface area contributed by atoms with Gasteiger partial charge in [-0.15, -0.1) is 5.10 Å². The molecular weight excluding hydrogens is 318 g/mol. The average molecular weight is 343 g/mol.